The van der Waals surface area contributed by atoms with Gasteiger partial charge in [-0.25, -0.2) is 11.0 Å². The summed E-state index contributed by atoms with van der Waals surface area (Å²) in [5.41, 5.74) is 2.69. The Bertz CT molecular complexity index is 1690. The average Bonchev–Trinajstić information content (AvgIpc) is 3.05. The van der Waals surface area contributed by atoms with Gasteiger partial charge in [0.05, 0.1) is 42.6 Å². The predicted octanol–water partition coefficient (Wildman–Crippen LogP) is 3.99. The lowest BCUT2D eigenvalue weighted by Gasteiger charge is -2.47. The van der Waals surface area contributed by atoms with Crippen LogP contribution in [0.25, 0.3) is 15.6 Å². The Labute approximate surface area is 279 Å². The molecule has 1 amide bonds. The van der Waals surface area contributed by atoms with Gasteiger partial charge in [0.1, 0.15) is 18.5 Å². The van der Waals surface area contributed by atoms with Crippen LogP contribution in [-0.2, 0) is 27.2 Å². The van der Waals surface area contributed by atoms with Gasteiger partial charge in [0.2, 0.25) is 6.54 Å². The van der Waals surface area contributed by atoms with Gasteiger partial charge in [-0.05, 0) is 31.0 Å². The maximum absolute atomic E-state index is 13.9. The van der Waals surface area contributed by atoms with E-state index >= 15 is 0 Å². The summed E-state index contributed by atoms with van der Waals surface area (Å²) >= 11 is 6.70. The molecule has 3 aliphatic rings. The third-order valence-corrected chi connectivity index (χ3v) is 9.71. The van der Waals surface area contributed by atoms with Crippen LogP contribution in [0.3, 0.4) is 0 Å². The number of rotatable bonds is 11. The molecule has 11 nitrogen and oxygen atoms in total. The molecule has 2 aromatic carbocycles. The Balaban J connectivity index is 1.30. The van der Waals surface area contributed by atoms with Gasteiger partial charge in [-0.15, -0.1) is 0 Å². The highest BCUT2D eigenvalue weighted by Crippen LogP contribution is 2.37. The first kappa shape index (κ1) is 32.9. The van der Waals surface area contributed by atoms with Crippen LogP contribution in [0.2, 0.25) is 5.02 Å². The van der Waals surface area contributed by atoms with Crippen molar-refractivity contribution < 1.29 is 23.4 Å². The SMILES string of the molecule is [C-]#[N+]C[C@H]1CN(c2nc(OCCN(C)C3(COC)COC3)nc3c2CCN(c2cccc4cccc(Cl)c24)C3)CCN1C(=O)C(=C)F. The number of amides is 1. The van der Waals surface area contributed by atoms with Gasteiger partial charge in [-0.1, -0.05) is 42.4 Å². The Kier molecular flexibility index (Phi) is 9.80. The highest BCUT2D eigenvalue weighted by atomic mass is 35.5. The largest absolute Gasteiger partial charge is 0.462 e. The van der Waals surface area contributed by atoms with Gasteiger partial charge in [-0.3, -0.25) is 9.69 Å². The summed E-state index contributed by atoms with van der Waals surface area (Å²) in [6.45, 7) is 15.7. The number of benzene rings is 2. The summed E-state index contributed by atoms with van der Waals surface area (Å²) in [5.74, 6) is -1.08. The number of anilines is 2. The quantitative estimate of drug-likeness (QED) is 0.223. The molecule has 6 rings (SSSR count). The van der Waals surface area contributed by atoms with Crippen molar-refractivity contribution in [2.45, 2.75) is 24.5 Å². The highest BCUT2D eigenvalue weighted by molar-refractivity contribution is 6.36. The van der Waals surface area contributed by atoms with Crippen LogP contribution in [0.1, 0.15) is 11.3 Å². The molecule has 2 saturated heterocycles. The number of aromatic nitrogens is 2. The minimum absolute atomic E-state index is 0.0427. The summed E-state index contributed by atoms with van der Waals surface area (Å²) in [6.07, 6.45) is 0.669. The summed E-state index contributed by atoms with van der Waals surface area (Å²) in [6, 6.07) is 11.8. The molecule has 0 saturated carbocycles. The second-order valence-electron chi connectivity index (χ2n) is 12.3. The molecule has 13 heteroatoms. The van der Waals surface area contributed by atoms with E-state index in [-0.39, 0.29) is 24.6 Å². The molecule has 248 valence electrons. The van der Waals surface area contributed by atoms with E-state index in [4.69, 9.17) is 42.4 Å². The Morgan fingerprint density at radius 1 is 1.21 bits per heavy atom. The van der Waals surface area contributed by atoms with E-state index in [1.807, 2.05) is 25.2 Å². The molecule has 47 heavy (non-hydrogen) atoms. The number of carbonyl (C=O) groups excluding carboxylic acids is 1. The average molecular weight is 664 g/mol. The molecule has 0 spiro atoms. The van der Waals surface area contributed by atoms with Crippen molar-refractivity contribution in [3.05, 3.63) is 76.5 Å². The van der Waals surface area contributed by atoms with Crippen LogP contribution >= 0.6 is 11.6 Å². The topological polar surface area (TPSA) is 87.9 Å². The Morgan fingerprint density at radius 2 is 2.00 bits per heavy atom. The summed E-state index contributed by atoms with van der Waals surface area (Å²) in [7, 11) is 3.72. The first-order valence-electron chi connectivity index (χ1n) is 15.7. The third kappa shape index (κ3) is 6.58. The van der Waals surface area contributed by atoms with Gasteiger partial charge in [0.15, 0.2) is 5.83 Å². The maximum Gasteiger partial charge on any atom is 0.318 e. The lowest BCUT2D eigenvalue weighted by atomic mass is 9.97. The van der Waals surface area contributed by atoms with Gasteiger partial charge >= 0.3 is 6.01 Å². The van der Waals surface area contributed by atoms with Gasteiger partial charge in [0.25, 0.3) is 5.91 Å². The number of halogens is 2. The van der Waals surface area contributed by atoms with Crippen molar-refractivity contribution in [2.24, 2.45) is 0 Å². The number of fused-ring (bicyclic) bond motifs is 2. The van der Waals surface area contributed by atoms with E-state index in [9.17, 15) is 9.18 Å². The van der Waals surface area contributed by atoms with Gasteiger partial charge in [0, 0.05) is 56.5 Å². The zero-order chi connectivity index (χ0) is 33.1. The minimum Gasteiger partial charge on any atom is -0.462 e. The van der Waals surface area contributed by atoms with Crippen LogP contribution in [-0.4, -0.2) is 117 Å². The minimum atomic E-state index is -1.03. The molecule has 4 heterocycles. The molecule has 0 N–H and O–H groups in total. The fourth-order valence-corrected chi connectivity index (χ4v) is 7.00. The summed E-state index contributed by atoms with van der Waals surface area (Å²) in [4.78, 5) is 33.9. The fourth-order valence-electron chi connectivity index (χ4n) is 6.72. The van der Waals surface area contributed by atoms with Crippen LogP contribution in [0, 0.1) is 6.57 Å². The first-order chi connectivity index (χ1) is 22.7. The van der Waals surface area contributed by atoms with E-state index in [0.29, 0.717) is 70.6 Å². The third-order valence-electron chi connectivity index (χ3n) is 9.39. The van der Waals surface area contributed by atoms with E-state index in [1.54, 1.807) is 7.11 Å². The number of nitrogens with zero attached hydrogens (tertiary/aromatic N) is 7. The first-order valence-corrected chi connectivity index (χ1v) is 16.1. The van der Waals surface area contributed by atoms with E-state index < -0.39 is 17.8 Å². The number of carbonyl (C=O) groups is 1. The fraction of sp³-hybridized carbons (Fsp3) is 0.471. The lowest BCUT2D eigenvalue weighted by molar-refractivity contribution is -0.159. The molecule has 3 aromatic rings. The lowest BCUT2D eigenvalue weighted by Crippen LogP contribution is -2.64. The smallest absolute Gasteiger partial charge is 0.318 e. The predicted molar refractivity (Wildman–Crippen MR) is 179 cm³/mol. The monoisotopic (exact) mass is 663 g/mol. The van der Waals surface area contributed by atoms with Crippen molar-refractivity contribution in [1.29, 1.82) is 0 Å². The molecular formula is C34H39ClFN7O4. The summed E-state index contributed by atoms with van der Waals surface area (Å²) in [5, 5.41) is 2.75. The Hall–Kier alpha value is -4.02. The molecule has 0 unspecified atom stereocenters. The van der Waals surface area contributed by atoms with Crippen LogP contribution in [0.4, 0.5) is 15.9 Å². The molecule has 0 bridgehead atoms. The molecule has 1 aromatic heterocycles. The standard InChI is InChI=1S/C34H39ClFN7O4/c1-23(36)32(44)43-14-13-42(18-25(43)17-37-2)31-26-11-12-41(29-10-6-8-24-7-5-9-27(35)30(24)29)19-28(26)38-33(39-31)47-16-15-40(3)34(20-45-4)21-46-22-34/h5-10,25H,1,11-22H2,3-4H3/t25-/m0/s1. The second-order valence-corrected chi connectivity index (χ2v) is 12.7. The molecular weight excluding hydrogens is 625 g/mol. The van der Waals surface area contributed by atoms with Crippen LogP contribution in [0.15, 0.2) is 48.8 Å². The number of likely N-dealkylation sites (N-methyl/N-ethyl adjacent to an activating group) is 1. The van der Waals surface area contributed by atoms with Crippen molar-refractivity contribution in [3.63, 3.8) is 0 Å². The zero-order valence-electron chi connectivity index (χ0n) is 26.8. The van der Waals surface area contributed by atoms with Crippen molar-refractivity contribution in [3.8, 4) is 6.01 Å². The van der Waals surface area contributed by atoms with Crippen molar-refractivity contribution >= 4 is 39.8 Å². The van der Waals surface area contributed by atoms with E-state index in [0.717, 1.165) is 33.5 Å². The zero-order valence-corrected chi connectivity index (χ0v) is 27.5. The molecule has 1 atom stereocenters. The number of hydrogen-bond acceptors (Lipinski definition) is 9. The number of methoxy groups -OCH3 is 1. The molecule has 3 aliphatic heterocycles. The van der Waals surface area contributed by atoms with Crippen LogP contribution < -0.4 is 14.5 Å². The second kappa shape index (κ2) is 14.0. The molecule has 0 radical (unpaired) electrons. The van der Waals surface area contributed by atoms with Gasteiger partial charge < -0.3 is 33.8 Å². The Morgan fingerprint density at radius 3 is 2.70 bits per heavy atom. The number of piperazine rings is 1. The van der Waals surface area contributed by atoms with Crippen molar-refractivity contribution in [2.75, 3.05) is 89.7 Å². The highest BCUT2D eigenvalue weighted by Gasteiger charge is 2.42. The van der Waals surface area contributed by atoms with Gasteiger partial charge in [-0.2, -0.15) is 9.97 Å². The molecule has 0 aliphatic carbocycles. The van der Waals surface area contributed by atoms with E-state index in [1.165, 1.54) is 4.90 Å². The molecule has 2 fully saturated rings. The maximum atomic E-state index is 13.9. The van der Waals surface area contributed by atoms with E-state index in [2.05, 4.69) is 44.3 Å². The normalized spacial score (nSPS) is 18.9. The summed E-state index contributed by atoms with van der Waals surface area (Å²) < 4.78 is 31.0. The number of hydrogen-bond donors (Lipinski definition) is 0. The van der Waals surface area contributed by atoms with Crippen molar-refractivity contribution in [1.82, 2.24) is 19.8 Å². The number of ether oxygens (including phenoxy) is 3. The van der Waals surface area contributed by atoms with Crippen LogP contribution in [0.5, 0.6) is 6.01 Å².